The Bertz CT molecular complexity index is 435. The third-order valence-corrected chi connectivity index (χ3v) is 3.37. The van der Waals surface area contributed by atoms with Gasteiger partial charge >= 0.3 is 0 Å². The first-order valence-corrected chi connectivity index (χ1v) is 6.99. The van der Waals surface area contributed by atoms with Crippen molar-refractivity contribution in [2.24, 2.45) is 0 Å². The van der Waals surface area contributed by atoms with Crippen LogP contribution in [0.25, 0.3) is 0 Å². The second-order valence-corrected chi connectivity index (χ2v) is 5.04. The summed E-state index contributed by atoms with van der Waals surface area (Å²) in [5.74, 6) is 0.370. The molecule has 4 nitrogen and oxygen atoms in total. The lowest BCUT2D eigenvalue weighted by Crippen LogP contribution is -2.42. The summed E-state index contributed by atoms with van der Waals surface area (Å²) >= 11 is 0. The highest BCUT2D eigenvalue weighted by Crippen LogP contribution is 2.13. The van der Waals surface area contributed by atoms with E-state index in [1.54, 1.807) is 17.0 Å². The molecule has 1 N–H and O–H groups in total. The van der Waals surface area contributed by atoms with Crippen LogP contribution in [0.3, 0.4) is 0 Å². The molecule has 110 valence electrons. The van der Waals surface area contributed by atoms with Crippen molar-refractivity contribution in [2.75, 3.05) is 19.7 Å². The molecule has 0 aromatic heterocycles. The Morgan fingerprint density at radius 2 is 2.15 bits per heavy atom. The van der Waals surface area contributed by atoms with Crippen molar-refractivity contribution in [2.45, 2.75) is 31.8 Å². The molecule has 20 heavy (non-hydrogen) atoms. The van der Waals surface area contributed by atoms with Crippen LogP contribution in [0.1, 0.15) is 25.7 Å². The molecule has 5 heteroatoms. The molecule has 1 aromatic rings. The molecule has 0 bridgehead atoms. The van der Waals surface area contributed by atoms with E-state index >= 15 is 0 Å². The van der Waals surface area contributed by atoms with E-state index in [4.69, 9.17) is 4.74 Å². The predicted molar refractivity (Wildman–Crippen MR) is 72.9 cm³/mol. The lowest BCUT2D eigenvalue weighted by Gasteiger charge is -2.30. The number of piperidine rings is 1. The van der Waals surface area contributed by atoms with Gasteiger partial charge in [0.15, 0.2) is 0 Å². The molecule has 1 aliphatic heterocycles. The van der Waals surface area contributed by atoms with Crippen LogP contribution in [0.5, 0.6) is 5.75 Å². The maximum absolute atomic E-state index is 12.7. The number of ether oxygens (including phenoxy) is 1. The molecule has 1 aromatic carbocycles. The summed E-state index contributed by atoms with van der Waals surface area (Å²) in [5.41, 5.74) is 0. The molecular formula is C15H20FNO3. The SMILES string of the molecule is O=C(CCCOc1ccc(F)cc1)N1CCC[C@H](O)C1. The Balaban J connectivity index is 1.65. The monoisotopic (exact) mass is 281 g/mol. The second kappa shape index (κ2) is 7.24. The minimum atomic E-state index is -0.386. The van der Waals surface area contributed by atoms with Gasteiger partial charge in [0.2, 0.25) is 5.91 Å². The van der Waals surface area contributed by atoms with Gasteiger partial charge in [0.05, 0.1) is 12.7 Å². The van der Waals surface area contributed by atoms with Crippen LogP contribution in [0.15, 0.2) is 24.3 Å². The molecule has 1 aliphatic rings. The fraction of sp³-hybridized carbons (Fsp3) is 0.533. The predicted octanol–water partition coefficient (Wildman–Crippen LogP) is 1.97. The molecule has 0 aliphatic carbocycles. The van der Waals surface area contributed by atoms with Crippen molar-refractivity contribution in [3.05, 3.63) is 30.1 Å². The zero-order valence-corrected chi connectivity index (χ0v) is 11.4. The summed E-state index contributed by atoms with van der Waals surface area (Å²) in [7, 11) is 0. The number of nitrogens with zero attached hydrogens (tertiary/aromatic N) is 1. The summed E-state index contributed by atoms with van der Waals surface area (Å²) in [4.78, 5) is 13.6. The fourth-order valence-electron chi connectivity index (χ4n) is 2.28. The van der Waals surface area contributed by atoms with Crippen LogP contribution in [0.4, 0.5) is 4.39 Å². The number of halogens is 1. The standard InChI is InChI=1S/C15H20FNO3/c16-12-5-7-14(8-6-12)20-10-2-4-15(19)17-9-1-3-13(18)11-17/h5-8,13,18H,1-4,9-11H2/t13-/m0/s1. The summed E-state index contributed by atoms with van der Waals surface area (Å²) < 4.78 is 18.1. The van der Waals surface area contributed by atoms with Gasteiger partial charge in [-0.3, -0.25) is 4.79 Å². The highest BCUT2D eigenvalue weighted by atomic mass is 19.1. The molecular weight excluding hydrogens is 261 g/mol. The number of likely N-dealkylation sites (tertiary alicyclic amines) is 1. The van der Waals surface area contributed by atoms with Crippen LogP contribution >= 0.6 is 0 Å². The van der Waals surface area contributed by atoms with Gasteiger partial charge < -0.3 is 14.7 Å². The first-order valence-electron chi connectivity index (χ1n) is 6.99. The normalized spacial score (nSPS) is 18.9. The highest BCUT2D eigenvalue weighted by molar-refractivity contribution is 5.76. The third kappa shape index (κ3) is 4.49. The van der Waals surface area contributed by atoms with E-state index in [0.717, 1.165) is 19.4 Å². The van der Waals surface area contributed by atoms with E-state index in [9.17, 15) is 14.3 Å². The molecule has 1 saturated heterocycles. The number of benzene rings is 1. The average molecular weight is 281 g/mol. The molecule has 2 rings (SSSR count). The van der Waals surface area contributed by atoms with Gasteiger partial charge in [-0.05, 0) is 43.5 Å². The molecule has 1 amide bonds. The molecule has 0 spiro atoms. The quantitative estimate of drug-likeness (QED) is 0.839. The van der Waals surface area contributed by atoms with Gasteiger partial charge in [-0.1, -0.05) is 0 Å². The maximum atomic E-state index is 12.7. The van der Waals surface area contributed by atoms with Crippen molar-refractivity contribution in [3.8, 4) is 5.75 Å². The molecule has 0 unspecified atom stereocenters. The number of amides is 1. The van der Waals surface area contributed by atoms with Crippen molar-refractivity contribution in [1.82, 2.24) is 4.90 Å². The number of aliphatic hydroxyl groups is 1. The Hall–Kier alpha value is -1.62. The minimum absolute atomic E-state index is 0.0615. The number of β-amino-alcohol motifs (C(OH)–C–C–N with tert-alkyl or cyclic N) is 1. The first kappa shape index (κ1) is 14.8. The first-order chi connectivity index (χ1) is 9.65. The van der Waals surface area contributed by atoms with Gasteiger partial charge in [0.25, 0.3) is 0 Å². The molecule has 1 fully saturated rings. The fourth-order valence-corrected chi connectivity index (χ4v) is 2.28. The number of rotatable bonds is 5. The number of carbonyl (C=O) groups is 1. The Labute approximate surface area is 118 Å². The second-order valence-electron chi connectivity index (χ2n) is 5.04. The lowest BCUT2D eigenvalue weighted by atomic mass is 10.1. The van der Waals surface area contributed by atoms with Crippen molar-refractivity contribution in [1.29, 1.82) is 0 Å². The van der Waals surface area contributed by atoms with E-state index in [1.807, 2.05) is 0 Å². The molecule has 1 heterocycles. The Morgan fingerprint density at radius 1 is 1.40 bits per heavy atom. The van der Waals surface area contributed by atoms with Gasteiger partial charge in [-0.2, -0.15) is 0 Å². The van der Waals surface area contributed by atoms with E-state index in [-0.39, 0.29) is 17.8 Å². The van der Waals surface area contributed by atoms with Crippen LogP contribution in [0, 0.1) is 5.82 Å². The molecule has 1 atom stereocenters. The van der Waals surface area contributed by atoms with E-state index in [2.05, 4.69) is 0 Å². The Kier molecular flexibility index (Phi) is 5.35. The summed E-state index contributed by atoms with van der Waals surface area (Å²) in [6.45, 7) is 1.60. The zero-order valence-electron chi connectivity index (χ0n) is 11.4. The van der Waals surface area contributed by atoms with E-state index < -0.39 is 0 Å². The smallest absolute Gasteiger partial charge is 0.222 e. The maximum Gasteiger partial charge on any atom is 0.222 e. The zero-order chi connectivity index (χ0) is 14.4. The van der Waals surface area contributed by atoms with E-state index in [0.29, 0.717) is 31.7 Å². The summed E-state index contributed by atoms with van der Waals surface area (Å²) in [6, 6.07) is 5.82. The number of hydrogen-bond donors (Lipinski definition) is 1. The largest absolute Gasteiger partial charge is 0.494 e. The highest BCUT2D eigenvalue weighted by Gasteiger charge is 2.21. The third-order valence-electron chi connectivity index (χ3n) is 3.37. The number of aliphatic hydroxyl groups excluding tert-OH is 1. The van der Waals surface area contributed by atoms with Gasteiger partial charge in [-0.15, -0.1) is 0 Å². The summed E-state index contributed by atoms with van der Waals surface area (Å²) in [5, 5.41) is 9.52. The van der Waals surface area contributed by atoms with Gasteiger partial charge in [0, 0.05) is 19.5 Å². The molecule has 0 radical (unpaired) electrons. The summed E-state index contributed by atoms with van der Waals surface area (Å²) in [6.07, 6.45) is 2.27. The van der Waals surface area contributed by atoms with Crippen LogP contribution in [-0.4, -0.2) is 41.7 Å². The minimum Gasteiger partial charge on any atom is -0.494 e. The lowest BCUT2D eigenvalue weighted by molar-refractivity contribution is -0.134. The Morgan fingerprint density at radius 3 is 2.85 bits per heavy atom. The van der Waals surface area contributed by atoms with Gasteiger partial charge in [0.1, 0.15) is 11.6 Å². The van der Waals surface area contributed by atoms with Crippen molar-refractivity contribution >= 4 is 5.91 Å². The molecule has 0 saturated carbocycles. The topological polar surface area (TPSA) is 49.8 Å². The van der Waals surface area contributed by atoms with Crippen molar-refractivity contribution < 1.29 is 19.0 Å². The number of carbonyl (C=O) groups excluding carboxylic acids is 1. The van der Waals surface area contributed by atoms with Crippen LogP contribution in [0.2, 0.25) is 0 Å². The van der Waals surface area contributed by atoms with Crippen molar-refractivity contribution in [3.63, 3.8) is 0 Å². The van der Waals surface area contributed by atoms with Crippen LogP contribution in [-0.2, 0) is 4.79 Å². The van der Waals surface area contributed by atoms with E-state index in [1.165, 1.54) is 12.1 Å². The average Bonchev–Trinajstić information content (AvgIpc) is 2.45. The number of hydrogen-bond acceptors (Lipinski definition) is 3. The van der Waals surface area contributed by atoms with Gasteiger partial charge in [-0.25, -0.2) is 4.39 Å². The van der Waals surface area contributed by atoms with Crippen LogP contribution < -0.4 is 4.74 Å².